The van der Waals surface area contributed by atoms with Crippen LogP contribution >= 0.6 is 0 Å². The lowest BCUT2D eigenvalue weighted by Crippen LogP contribution is -2.02. The van der Waals surface area contributed by atoms with E-state index in [-0.39, 0.29) is 5.60 Å². The molecule has 0 amide bonds. The number of benzene rings is 1. The second-order valence-corrected chi connectivity index (χ2v) is 6.97. The predicted molar refractivity (Wildman–Crippen MR) is 103 cm³/mol. The summed E-state index contributed by atoms with van der Waals surface area (Å²) in [4.78, 5) is 0. The lowest BCUT2D eigenvalue weighted by Gasteiger charge is -2.12. The Labute approximate surface area is 152 Å². The first-order valence-corrected chi connectivity index (χ1v) is 8.90. The van der Waals surface area contributed by atoms with Crippen LogP contribution in [0.15, 0.2) is 55.2 Å². The zero-order chi connectivity index (χ0) is 18.3. The summed E-state index contributed by atoms with van der Waals surface area (Å²) in [5, 5.41) is 0. The quantitative estimate of drug-likeness (QED) is 0.406. The Kier molecular flexibility index (Phi) is 6.89. The van der Waals surface area contributed by atoms with Crippen molar-refractivity contribution in [1.82, 2.24) is 0 Å². The highest BCUT2D eigenvalue weighted by Crippen LogP contribution is 2.39. The fourth-order valence-electron chi connectivity index (χ4n) is 2.72. The molecule has 1 atom stereocenters. The molecule has 3 heteroatoms. The van der Waals surface area contributed by atoms with Crippen molar-refractivity contribution in [2.24, 2.45) is 0 Å². The third-order valence-electron chi connectivity index (χ3n) is 4.40. The molecule has 25 heavy (non-hydrogen) atoms. The van der Waals surface area contributed by atoms with Crippen molar-refractivity contribution in [2.45, 2.75) is 51.7 Å². The molecule has 1 aromatic carbocycles. The molecule has 1 aromatic rings. The first-order chi connectivity index (χ1) is 12.0. The van der Waals surface area contributed by atoms with Crippen molar-refractivity contribution in [1.29, 1.82) is 0 Å². The van der Waals surface area contributed by atoms with E-state index in [9.17, 15) is 0 Å². The highest BCUT2D eigenvalue weighted by Gasteiger charge is 2.46. The molecular weight excluding hydrogens is 312 g/mol. The Balaban J connectivity index is 1.97. The van der Waals surface area contributed by atoms with Gasteiger partial charge in [0.1, 0.15) is 24.7 Å². The summed E-state index contributed by atoms with van der Waals surface area (Å²) in [6.45, 7) is 14.8. The first kappa shape index (κ1) is 19.3. The summed E-state index contributed by atoms with van der Waals surface area (Å²) >= 11 is 0. The molecule has 136 valence electrons. The van der Waals surface area contributed by atoms with Crippen molar-refractivity contribution in [3.05, 3.63) is 60.7 Å². The second-order valence-electron chi connectivity index (χ2n) is 6.97. The van der Waals surface area contributed by atoms with Gasteiger partial charge in [0.25, 0.3) is 0 Å². The molecule has 0 aromatic heterocycles. The average Bonchev–Trinajstić information content (AvgIpc) is 3.21. The number of epoxide rings is 1. The predicted octanol–water partition coefficient (Wildman–Crippen LogP) is 5.26. The topological polar surface area (TPSA) is 31.0 Å². The van der Waals surface area contributed by atoms with Crippen LogP contribution in [0.5, 0.6) is 11.5 Å². The summed E-state index contributed by atoms with van der Waals surface area (Å²) < 4.78 is 17.0. The van der Waals surface area contributed by atoms with Crippen molar-refractivity contribution in [3.63, 3.8) is 0 Å². The van der Waals surface area contributed by atoms with E-state index < -0.39 is 0 Å². The van der Waals surface area contributed by atoms with Crippen molar-refractivity contribution < 1.29 is 14.2 Å². The monoisotopic (exact) mass is 342 g/mol. The Morgan fingerprint density at radius 1 is 1.20 bits per heavy atom. The van der Waals surface area contributed by atoms with Crippen LogP contribution in [-0.2, 0) is 11.2 Å². The molecule has 0 radical (unpaired) electrons. The van der Waals surface area contributed by atoms with Gasteiger partial charge in [-0.05, 0) is 51.7 Å². The molecular formula is C22H30O3. The van der Waals surface area contributed by atoms with E-state index in [4.69, 9.17) is 14.2 Å². The number of allylic oxidation sites excluding steroid dienone is 2. The van der Waals surface area contributed by atoms with E-state index in [1.54, 1.807) is 12.2 Å². The van der Waals surface area contributed by atoms with Crippen LogP contribution in [0.4, 0.5) is 0 Å². The third-order valence-corrected chi connectivity index (χ3v) is 4.40. The number of ether oxygens (including phenoxy) is 3. The molecule has 0 saturated carbocycles. The van der Waals surface area contributed by atoms with Crippen molar-refractivity contribution >= 4 is 0 Å². The van der Waals surface area contributed by atoms with Gasteiger partial charge >= 0.3 is 0 Å². The second kappa shape index (κ2) is 8.91. The maximum atomic E-state index is 5.80. The van der Waals surface area contributed by atoms with Crippen LogP contribution in [0.25, 0.3) is 0 Å². The minimum atomic E-state index is 0.0766. The van der Waals surface area contributed by atoms with Gasteiger partial charge in [-0.25, -0.2) is 0 Å². The molecule has 0 N–H and O–H groups in total. The SMILES string of the molecule is C=CCOc1ccc(C/C=C(\C)CC[C@H]2OC2(C)C)c(OCC=C)c1. The fraction of sp³-hybridized carbons (Fsp3) is 0.455. The van der Waals surface area contributed by atoms with Gasteiger partial charge in [-0.2, -0.15) is 0 Å². The molecule has 0 aliphatic carbocycles. The molecule has 0 unspecified atom stereocenters. The van der Waals surface area contributed by atoms with E-state index in [2.05, 4.69) is 46.1 Å². The van der Waals surface area contributed by atoms with Crippen LogP contribution in [0.3, 0.4) is 0 Å². The normalized spacial score (nSPS) is 18.5. The highest BCUT2D eigenvalue weighted by atomic mass is 16.6. The summed E-state index contributed by atoms with van der Waals surface area (Å²) in [7, 11) is 0. The molecule has 1 heterocycles. The number of hydrogen-bond acceptors (Lipinski definition) is 3. The minimum absolute atomic E-state index is 0.0766. The lowest BCUT2D eigenvalue weighted by molar-refractivity contribution is 0.320. The van der Waals surface area contributed by atoms with E-state index in [1.807, 2.05) is 12.1 Å². The van der Waals surface area contributed by atoms with Gasteiger partial charge in [0, 0.05) is 6.07 Å². The minimum Gasteiger partial charge on any atom is -0.489 e. The van der Waals surface area contributed by atoms with Gasteiger partial charge in [0.05, 0.1) is 11.7 Å². The molecule has 1 aliphatic heterocycles. The van der Waals surface area contributed by atoms with Crippen LogP contribution < -0.4 is 9.47 Å². The van der Waals surface area contributed by atoms with E-state index in [1.165, 1.54) is 5.57 Å². The van der Waals surface area contributed by atoms with E-state index in [0.29, 0.717) is 19.3 Å². The smallest absolute Gasteiger partial charge is 0.126 e. The first-order valence-electron chi connectivity index (χ1n) is 8.90. The molecule has 3 nitrogen and oxygen atoms in total. The van der Waals surface area contributed by atoms with Crippen LogP contribution in [0.2, 0.25) is 0 Å². The molecule has 0 spiro atoms. The Morgan fingerprint density at radius 3 is 2.52 bits per heavy atom. The molecule has 1 aliphatic rings. The lowest BCUT2D eigenvalue weighted by atomic mass is 10.0. The maximum Gasteiger partial charge on any atom is 0.126 e. The summed E-state index contributed by atoms with van der Waals surface area (Å²) in [5.41, 5.74) is 2.61. The fourth-order valence-corrected chi connectivity index (χ4v) is 2.72. The standard InChI is InChI=1S/C22H30O3/c1-6-14-23-19-12-11-18(20(16-19)24-15-7-2)10-8-17(3)9-13-21-22(4,5)25-21/h6-8,11-12,16,21H,1-2,9-10,13-15H2,3-5H3/b17-8+/t21-/m1/s1. The van der Waals surface area contributed by atoms with E-state index >= 15 is 0 Å². The van der Waals surface area contributed by atoms with Crippen molar-refractivity contribution in [3.8, 4) is 11.5 Å². The van der Waals surface area contributed by atoms with Gasteiger partial charge in [-0.15, -0.1) is 0 Å². The molecule has 2 rings (SSSR count). The van der Waals surface area contributed by atoms with E-state index in [0.717, 1.165) is 36.3 Å². The van der Waals surface area contributed by atoms with Gasteiger partial charge in [0.2, 0.25) is 0 Å². The summed E-state index contributed by atoms with van der Waals surface area (Å²) in [5.74, 6) is 1.63. The Morgan fingerprint density at radius 2 is 1.88 bits per heavy atom. The van der Waals surface area contributed by atoms with Gasteiger partial charge in [-0.1, -0.05) is 43.0 Å². The largest absolute Gasteiger partial charge is 0.489 e. The van der Waals surface area contributed by atoms with Crippen LogP contribution in [0, 0.1) is 0 Å². The van der Waals surface area contributed by atoms with Crippen molar-refractivity contribution in [2.75, 3.05) is 13.2 Å². The zero-order valence-corrected chi connectivity index (χ0v) is 15.7. The molecule has 1 fully saturated rings. The van der Waals surface area contributed by atoms with Crippen LogP contribution in [-0.4, -0.2) is 24.9 Å². The molecule has 0 bridgehead atoms. The van der Waals surface area contributed by atoms with Gasteiger partial charge in [-0.3, -0.25) is 0 Å². The number of hydrogen-bond donors (Lipinski definition) is 0. The van der Waals surface area contributed by atoms with Crippen LogP contribution in [0.1, 0.15) is 39.2 Å². The molecule has 1 saturated heterocycles. The zero-order valence-electron chi connectivity index (χ0n) is 15.7. The average molecular weight is 342 g/mol. The summed E-state index contributed by atoms with van der Waals surface area (Å²) in [6.07, 6.45) is 9.16. The third kappa shape index (κ3) is 6.09. The van der Waals surface area contributed by atoms with Gasteiger partial charge < -0.3 is 14.2 Å². The maximum absolute atomic E-state index is 5.80. The summed E-state index contributed by atoms with van der Waals surface area (Å²) in [6, 6.07) is 5.98. The Bertz CT molecular complexity index is 628. The highest BCUT2D eigenvalue weighted by molar-refractivity contribution is 5.42. The van der Waals surface area contributed by atoms with Gasteiger partial charge in [0.15, 0.2) is 0 Å². The Hall–Kier alpha value is -2.00. The number of rotatable bonds is 11.